The van der Waals surface area contributed by atoms with Gasteiger partial charge in [0.2, 0.25) is 11.8 Å². The second-order valence-corrected chi connectivity index (χ2v) is 9.27. The molecule has 0 spiro atoms. The number of anilines is 2. The monoisotopic (exact) mass is 494 g/mol. The molecule has 2 aromatic heterocycles. The van der Waals surface area contributed by atoms with E-state index in [0.29, 0.717) is 24.1 Å². The van der Waals surface area contributed by atoms with Crippen molar-refractivity contribution in [1.82, 2.24) is 19.9 Å². The van der Waals surface area contributed by atoms with Gasteiger partial charge in [0.25, 0.3) is 5.91 Å². The van der Waals surface area contributed by atoms with Crippen LogP contribution in [0.15, 0.2) is 24.3 Å². The van der Waals surface area contributed by atoms with Gasteiger partial charge in [0.1, 0.15) is 12.3 Å². The number of ether oxygens (including phenoxy) is 2. The van der Waals surface area contributed by atoms with E-state index in [1.807, 2.05) is 18.2 Å². The summed E-state index contributed by atoms with van der Waals surface area (Å²) in [6.45, 7) is 14.6. The minimum atomic E-state index is -0.283. The number of nitrogens with zero attached hydrogens (tertiary/aromatic N) is 4. The maximum atomic E-state index is 13.3. The van der Waals surface area contributed by atoms with E-state index < -0.39 is 0 Å². The van der Waals surface area contributed by atoms with Crippen molar-refractivity contribution in [2.75, 3.05) is 62.8 Å². The Labute approximate surface area is 213 Å². The highest BCUT2D eigenvalue weighted by atomic mass is 16.5. The Bertz CT molecular complexity index is 1170. The highest BCUT2D eigenvalue weighted by Crippen LogP contribution is 2.25. The van der Waals surface area contributed by atoms with E-state index >= 15 is 0 Å². The molecule has 0 unspecified atom stereocenters. The summed E-state index contributed by atoms with van der Waals surface area (Å²) in [5, 5.41) is 4.11. The van der Waals surface area contributed by atoms with Gasteiger partial charge in [-0.15, -0.1) is 0 Å². The summed E-state index contributed by atoms with van der Waals surface area (Å²) in [4.78, 5) is 30.4. The van der Waals surface area contributed by atoms with Gasteiger partial charge >= 0.3 is 0 Å². The minimum absolute atomic E-state index is 0.283. The van der Waals surface area contributed by atoms with Crippen LogP contribution in [-0.2, 0) is 4.74 Å². The quantitative estimate of drug-likeness (QED) is 0.413. The maximum Gasteiger partial charge on any atom is 0.274 e. The van der Waals surface area contributed by atoms with E-state index in [1.165, 1.54) is 5.56 Å². The third-order valence-electron chi connectivity index (χ3n) is 6.52. The fraction of sp³-hybridized carbons (Fsp3) is 0.519. The number of aryl methyl sites for hydroxylation is 2. The predicted octanol–water partition coefficient (Wildman–Crippen LogP) is 4.16. The highest BCUT2D eigenvalue weighted by molar-refractivity contribution is 6.04. The summed E-state index contributed by atoms with van der Waals surface area (Å²) in [5.41, 5.74) is 4.37. The summed E-state index contributed by atoms with van der Waals surface area (Å²) in [6, 6.07) is 7.52. The lowest BCUT2D eigenvalue weighted by Gasteiger charge is -2.26. The molecule has 1 aliphatic heterocycles. The van der Waals surface area contributed by atoms with Gasteiger partial charge in [0.05, 0.1) is 13.2 Å². The maximum absolute atomic E-state index is 13.3. The average molecular weight is 495 g/mol. The number of aromatic nitrogens is 3. The van der Waals surface area contributed by atoms with Crippen molar-refractivity contribution < 1.29 is 14.3 Å². The Morgan fingerprint density at radius 1 is 1.14 bits per heavy atom. The second-order valence-electron chi connectivity index (χ2n) is 9.27. The second kappa shape index (κ2) is 12.2. The fourth-order valence-electron chi connectivity index (χ4n) is 4.43. The first-order valence-electron chi connectivity index (χ1n) is 13.0. The van der Waals surface area contributed by atoms with Crippen molar-refractivity contribution >= 4 is 28.4 Å². The first-order chi connectivity index (χ1) is 17.5. The van der Waals surface area contributed by atoms with Crippen LogP contribution >= 0.6 is 0 Å². The molecule has 0 atom stereocenters. The SMILES string of the molecule is CCCN(CCC)c1nc(OCCN2CCOCC2)cc(C(=O)Nc2ccc3[nH]c(C)c(C)c3c2)n1. The summed E-state index contributed by atoms with van der Waals surface area (Å²) < 4.78 is 11.4. The number of carbonyl (C=O) groups excluding carboxylic acids is 1. The number of H-pyrrole nitrogens is 1. The first kappa shape index (κ1) is 25.9. The van der Waals surface area contributed by atoms with Gasteiger partial charge in [-0.05, 0) is 50.5 Å². The van der Waals surface area contributed by atoms with Crippen LogP contribution in [0.1, 0.15) is 48.4 Å². The molecule has 3 aromatic rings. The van der Waals surface area contributed by atoms with Crippen molar-refractivity contribution in [2.24, 2.45) is 0 Å². The van der Waals surface area contributed by atoms with Gasteiger partial charge < -0.3 is 24.7 Å². The lowest BCUT2D eigenvalue weighted by molar-refractivity contribution is 0.0320. The molecule has 36 heavy (non-hydrogen) atoms. The third kappa shape index (κ3) is 6.33. The van der Waals surface area contributed by atoms with E-state index in [4.69, 9.17) is 9.47 Å². The van der Waals surface area contributed by atoms with Gasteiger partial charge in [-0.3, -0.25) is 9.69 Å². The molecule has 1 saturated heterocycles. The summed E-state index contributed by atoms with van der Waals surface area (Å²) in [5.74, 6) is 0.664. The number of carbonyl (C=O) groups is 1. The number of morpholine rings is 1. The zero-order valence-electron chi connectivity index (χ0n) is 21.9. The van der Waals surface area contributed by atoms with E-state index in [2.05, 4.69) is 57.8 Å². The Kier molecular flexibility index (Phi) is 8.77. The van der Waals surface area contributed by atoms with Crippen molar-refractivity contribution in [3.8, 4) is 5.88 Å². The first-order valence-corrected chi connectivity index (χ1v) is 13.0. The largest absolute Gasteiger partial charge is 0.476 e. The lowest BCUT2D eigenvalue weighted by atomic mass is 10.1. The molecule has 0 saturated carbocycles. The van der Waals surface area contributed by atoms with Crippen LogP contribution in [0.4, 0.5) is 11.6 Å². The number of hydrogen-bond donors (Lipinski definition) is 2. The number of benzene rings is 1. The van der Waals surface area contributed by atoms with Gasteiger partial charge in [-0.2, -0.15) is 4.98 Å². The zero-order valence-corrected chi connectivity index (χ0v) is 21.9. The van der Waals surface area contributed by atoms with Gasteiger partial charge in [0, 0.05) is 61.1 Å². The molecule has 0 bridgehead atoms. The van der Waals surface area contributed by atoms with E-state index in [1.54, 1.807) is 6.07 Å². The van der Waals surface area contributed by atoms with Crippen molar-refractivity contribution in [3.05, 3.63) is 41.2 Å². The Morgan fingerprint density at radius 3 is 2.61 bits per heavy atom. The molecule has 1 fully saturated rings. The number of amides is 1. The Morgan fingerprint density at radius 2 is 1.89 bits per heavy atom. The van der Waals surface area contributed by atoms with Crippen molar-refractivity contribution in [1.29, 1.82) is 0 Å². The van der Waals surface area contributed by atoms with Gasteiger partial charge in [-0.1, -0.05) is 13.8 Å². The normalized spacial score (nSPS) is 14.2. The topological polar surface area (TPSA) is 95.6 Å². The molecule has 3 heterocycles. The molecule has 0 aliphatic carbocycles. The zero-order chi connectivity index (χ0) is 25.5. The van der Waals surface area contributed by atoms with Crippen LogP contribution in [0.3, 0.4) is 0 Å². The molecule has 2 N–H and O–H groups in total. The van der Waals surface area contributed by atoms with Crippen LogP contribution in [0.5, 0.6) is 5.88 Å². The van der Waals surface area contributed by atoms with Crippen LogP contribution in [0, 0.1) is 13.8 Å². The van der Waals surface area contributed by atoms with Gasteiger partial charge in [0.15, 0.2) is 0 Å². The van der Waals surface area contributed by atoms with E-state index in [9.17, 15) is 4.79 Å². The Hall–Kier alpha value is -3.17. The standard InChI is InChI=1S/C27H38N6O3/c1-5-9-33(10-6-2)27-30-24(18-25(31-27)36-16-13-32-11-14-35-15-12-32)26(34)29-21-7-8-23-22(17-21)19(3)20(4)28-23/h7-8,17-18,28H,5-6,9-16H2,1-4H3,(H,29,34). The summed E-state index contributed by atoms with van der Waals surface area (Å²) in [6.07, 6.45) is 1.92. The molecule has 0 radical (unpaired) electrons. The number of aromatic amines is 1. The van der Waals surface area contributed by atoms with Gasteiger partial charge in [-0.25, -0.2) is 4.98 Å². The van der Waals surface area contributed by atoms with Crippen LogP contribution in [0.25, 0.3) is 10.9 Å². The predicted molar refractivity (Wildman–Crippen MR) is 143 cm³/mol. The fourth-order valence-corrected chi connectivity index (χ4v) is 4.43. The van der Waals surface area contributed by atoms with Crippen molar-refractivity contribution in [2.45, 2.75) is 40.5 Å². The molecule has 194 valence electrons. The number of fused-ring (bicyclic) bond motifs is 1. The summed E-state index contributed by atoms with van der Waals surface area (Å²) in [7, 11) is 0. The molecule has 1 amide bonds. The van der Waals surface area contributed by atoms with Crippen molar-refractivity contribution in [3.63, 3.8) is 0 Å². The average Bonchev–Trinajstić information content (AvgIpc) is 3.17. The lowest BCUT2D eigenvalue weighted by Crippen LogP contribution is -2.38. The van der Waals surface area contributed by atoms with Crippen LogP contribution in [0.2, 0.25) is 0 Å². The highest BCUT2D eigenvalue weighted by Gasteiger charge is 2.18. The number of rotatable bonds is 11. The third-order valence-corrected chi connectivity index (χ3v) is 6.52. The minimum Gasteiger partial charge on any atom is -0.476 e. The van der Waals surface area contributed by atoms with E-state index in [0.717, 1.165) is 81.1 Å². The van der Waals surface area contributed by atoms with Crippen LogP contribution < -0.4 is 15.0 Å². The molecule has 4 rings (SSSR count). The van der Waals surface area contributed by atoms with E-state index in [-0.39, 0.29) is 5.91 Å². The molecule has 1 aliphatic rings. The molecule has 1 aromatic carbocycles. The Balaban J connectivity index is 1.54. The van der Waals surface area contributed by atoms with Crippen LogP contribution in [-0.4, -0.2) is 78.3 Å². The molecule has 9 heteroatoms. The summed E-state index contributed by atoms with van der Waals surface area (Å²) >= 11 is 0. The molecular formula is C27H38N6O3. The molecular weight excluding hydrogens is 456 g/mol. The molecule has 9 nitrogen and oxygen atoms in total. The number of nitrogens with one attached hydrogen (secondary N) is 2. The smallest absolute Gasteiger partial charge is 0.274 e. The number of hydrogen-bond acceptors (Lipinski definition) is 7.